The first-order chi connectivity index (χ1) is 8.79. The van der Waals surface area contributed by atoms with Crippen molar-refractivity contribution in [2.24, 2.45) is 0 Å². The van der Waals surface area contributed by atoms with Gasteiger partial charge in [-0.05, 0) is 23.4 Å². The molecule has 0 unspecified atom stereocenters. The third kappa shape index (κ3) is 2.75. The SMILES string of the molecule is O=C(O)c1noc(-c2ccc(Br)cc2C(F)(F)F)n1. The van der Waals surface area contributed by atoms with E-state index in [4.69, 9.17) is 5.11 Å². The molecule has 100 valence electrons. The third-order valence-electron chi connectivity index (χ3n) is 2.13. The molecule has 1 aromatic carbocycles. The minimum Gasteiger partial charge on any atom is -0.475 e. The predicted octanol–water partition coefficient (Wildman–Crippen LogP) is 3.22. The van der Waals surface area contributed by atoms with E-state index in [1.54, 1.807) is 0 Å². The van der Waals surface area contributed by atoms with Crippen LogP contribution in [0.4, 0.5) is 13.2 Å². The van der Waals surface area contributed by atoms with Crippen molar-refractivity contribution in [2.45, 2.75) is 6.18 Å². The summed E-state index contributed by atoms with van der Waals surface area (Å²) in [5.41, 5.74) is -1.38. The normalized spacial score (nSPS) is 11.6. The Bertz CT molecular complexity index is 639. The van der Waals surface area contributed by atoms with E-state index >= 15 is 0 Å². The molecule has 0 aliphatic carbocycles. The van der Waals surface area contributed by atoms with Gasteiger partial charge in [0.2, 0.25) is 0 Å². The summed E-state index contributed by atoms with van der Waals surface area (Å²) in [6.07, 6.45) is -4.63. The molecule has 5 nitrogen and oxygen atoms in total. The Kier molecular flexibility index (Phi) is 3.31. The number of aromatic nitrogens is 2. The molecule has 0 bridgehead atoms. The van der Waals surface area contributed by atoms with Crippen LogP contribution in [0.1, 0.15) is 16.2 Å². The fourth-order valence-corrected chi connectivity index (χ4v) is 1.72. The minimum atomic E-state index is -4.63. The number of aromatic carboxylic acids is 1. The molecule has 0 atom stereocenters. The van der Waals surface area contributed by atoms with Gasteiger partial charge in [-0.3, -0.25) is 0 Å². The number of halogens is 4. The predicted molar refractivity (Wildman–Crippen MR) is 59.4 cm³/mol. The lowest BCUT2D eigenvalue weighted by atomic mass is 10.1. The van der Waals surface area contributed by atoms with E-state index < -0.39 is 29.4 Å². The quantitative estimate of drug-likeness (QED) is 0.911. The van der Waals surface area contributed by atoms with Crippen molar-refractivity contribution in [3.63, 3.8) is 0 Å². The van der Waals surface area contributed by atoms with Gasteiger partial charge in [0.25, 0.3) is 11.7 Å². The maximum atomic E-state index is 12.9. The van der Waals surface area contributed by atoms with Crippen molar-refractivity contribution in [2.75, 3.05) is 0 Å². The van der Waals surface area contributed by atoms with Crippen molar-refractivity contribution < 1.29 is 27.6 Å². The van der Waals surface area contributed by atoms with E-state index in [-0.39, 0.29) is 10.0 Å². The van der Waals surface area contributed by atoms with Crippen molar-refractivity contribution >= 4 is 21.9 Å². The monoisotopic (exact) mass is 336 g/mol. The van der Waals surface area contributed by atoms with Gasteiger partial charge in [0.05, 0.1) is 11.1 Å². The molecule has 9 heteroatoms. The number of benzene rings is 1. The Morgan fingerprint density at radius 1 is 1.37 bits per heavy atom. The number of carboxylic acids is 1. The lowest BCUT2D eigenvalue weighted by molar-refractivity contribution is -0.137. The summed E-state index contributed by atoms with van der Waals surface area (Å²) in [4.78, 5) is 14.0. The Morgan fingerprint density at radius 3 is 2.58 bits per heavy atom. The molecule has 0 radical (unpaired) electrons. The summed E-state index contributed by atoms with van der Waals surface area (Å²) < 4.78 is 43.3. The second-order valence-electron chi connectivity index (χ2n) is 3.42. The second kappa shape index (κ2) is 4.65. The molecule has 0 fully saturated rings. The van der Waals surface area contributed by atoms with E-state index in [1.165, 1.54) is 6.07 Å². The standard InChI is InChI=1S/C10H4BrF3N2O3/c11-4-1-2-5(6(3-4)10(12,13)14)8-15-7(9(17)18)16-19-8/h1-3H,(H,17,18). The fraction of sp³-hybridized carbons (Fsp3) is 0.100. The zero-order valence-corrected chi connectivity index (χ0v) is 10.5. The highest BCUT2D eigenvalue weighted by Gasteiger charge is 2.35. The van der Waals surface area contributed by atoms with Crippen LogP contribution >= 0.6 is 15.9 Å². The van der Waals surface area contributed by atoms with Crippen LogP contribution in [0.15, 0.2) is 27.2 Å². The summed E-state index contributed by atoms with van der Waals surface area (Å²) >= 11 is 2.93. The number of carboxylic acid groups (broad SMARTS) is 1. The molecule has 2 aromatic rings. The van der Waals surface area contributed by atoms with Crippen LogP contribution in [-0.4, -0.2) is 21.2 Å². The average Bonchev–Trinajstić information content (AvgIpc) is 2.77. The molecule has 0 saturated heterocycles. The minimum absolute atomic E-state index is 0.224. The molecular weight excluding hydrogens is 333 g/mol. The second-order valence-corrected chi connectivity index (χ2v) is 4.33. The summed E-state index contributed by atoms with van der Waals surface area (Å²) in [7, 11) is 0. The molecule has 2 rings (SSSR count). The number of carbonyl (C=O) groups is 1. The van der Waals surface area contributed by atoms with Crippen LogP contribution in [0.3, 0.4) is 0 Å². The number of nitrogens with zero attached hydrogens (tertiary/aromatic N) is 2. The zero-order valence-electron chi connectivity index (χ0n) is 8.90. The molecular formula is C10H4BrF3N2O3. The lowest BCUT2D eigenvalue weighted by Crippen LogP contribution is -2.07. The Balaban J connectivity index is 2.58. The summed E-state index contributed by atoms with van der Waals surface area (Å²) in [6.45, 7) is 0. The molecule has 1 aromatic heterocycles. The highest BCUT2D eigenvalue weighted by molar-refractivity contribution is 9.10. The van der Waals surface area contributed by atoms with Crippen LogP contribution in [0.2, 0.25) is 0 Å². The van der Waals surface area contributed by atoms with E-state index in [0.29, 0.717) is 0 Å². The zero-order chi connectivity index (χ0) is 14.2. The van der Waals surface area contributed by atoms with Gasteiger partial charge in [-0.25, -0.2) is 4.79 Å². The third-order valence-corrected chi connectivity index (χ3v) is 2.63. The first kappa shape index (κ1) is 13.5. The number of alkyl halides is 3. The van der Waals surface area contributed by atoms with Gasteiger partial charge in [0.1, 0.15) is 0 Å². The summed E-state index contributed by atoms with van der Waals surface area (Å²) in [6, 6.07) is 3.32. The van der Waals surface area contributed by atoms with Crippen LogP contribution < -0.4 is 0 Å². The van der Waals surface area contributed by atoms with Crippen molar-refractivity contribution in [3.8, 4) is 11.5 Å². The Morgan fingerprint density at radius 2 is 2.05 bits per heavy atom. The van der Waals surface area contributed by atoms with Crippen molar-refractivity contribution in [1.82, 2.24) is 10.1 Å². The Hall–Kier alpha value is -1.90. The maximum Gasteiger partial charge on any atom is 0.417 e. The summed E-state index contributed by atoms with van der Waals surface area (Å²) in [5, 5.41) is 11.7. The highest BCUT2D eigenvalue weighted by Crippen LogP contribution is 2.38. The van der Waals surface area contributed by atoms with Crippen LogP contribution in [-0.2, 0) is 6.18 Å². The molecule has 19 heavy (non-hydrogen) atoms. The molecule has 0 amide bonds. The van der Waals surface area contributed by atoms with Crippen LogP contribution in [0, 0.1) is 0 Å². The maximum absolute atomic E-state index is 12.9. The van der Waals surface area contributed by atoms with Gasteiger partial charge in [0, 0.05) is 4.47 Å². The first-order valence-corrected chi connectivity index (χ1v) is 5.52. The molecule has 0 aliphatic rings. The molecule has 1 N–H and O–H groups in total. The van der Waals surface area contributed by atoms with Crippen LogP contribution in [0.5, 0.6) is 0 Å². The van der Waals surface area contributed by atoms with E-state index in [0.717, 1.165) is 12.1 Å². The van der Waals surface area contributed by atoms with Gasteiger partial charge in [-0.1, -0.05) is 15.9 Å². The Labute approximate surface area is 112 Å². The number of rotatable bonds is 2. The number of hydrogen-bond donors (Lipinski definition) is 1. The number of hydrogen-bond acceptors (Lipinski definition) is 4. The summed E-state index contributed by atoms with van der Waals surface area (Å²) in [5.74, 6) is -2.69. The fourth-order valence-electron chi connectivity index (χ4n) is 1.36. The van der Waals surface area contributed by atoms with Gasteiger partial charge in [-0.2, -0.15) is 18.2 Å². The van der Waals surface area contributed by atoms with Crippen molar-refractivity contribution in [1.29, 1.82) is 0 Å². The van der Waals surface area contributed by atoms with E-state index in [1.807, 2.05) is 0 Å². The van der Waals surface area contributed by atoms with Gasteiger partial charge in [0.15, 0.2) is 0 Å². The van der Waals surface area contributed by atoms with Gasteiger partial charge >= 0.3 is 12.1 Å². The average molecular weight is 337 g/mol. The molecule has 0 spiro atoms. The molecule has 0 saturated carbocycles. The van der Waals surface area contributed by atoms with E-state index in [2.05, 4.69) is 30.6 Å². The van der Waals surface area contributed by atoms with Crippen LogP contribution in [0.25, 0.3) is 11.5 Å². The van der Waals surface area contributed by atoms with Crippen molar-refractivity contribution in [3.05, 3.63) is 34.1 Å². The first-order valence-electron chi connectivity index (χ1n) is 4.73. The highest BCUT2D eigenvalue weighted by atomic mass is 79.9. The van der Waals surface area contributed by atoms with E-state index in [9.17, 15) is 18.0 Å². The lowest BCUT2D eigenvalue weighted by Gasteiger charge is -2.10. The van der Waals surface area contributed by atoms with Gasteiger partial charge < -0.3 is 9.63 Å². The molecule has 0 aliphatic heterocycles. The topological polar surface area (TPSA) is 76.2 Å². The van der Waals surface area contributed by atoms with Gasteiger partial charge in [-0.15, -0.1) is 0 Å². The molecule has 1 heterocycles. The largest absolute Gasteiger partial charge is 0.475 e. The smallest absolute Gasteiger partial charge is 0.417 e.